The lowest BCUT2D eigenvalue weighted by molar-refractivity contribution is 0.100. The third-order valence-electron chi connectivity index (χ3n) is 3.15. The largest absolute Gasteiger partial charge is 0.366 e. The summed E-state index contributed by atoms with van der Waals surface area (Å²) in [7, 11) is 0. The summed E-state index contributed by atoms with van der Waals surface area (Å²) in [6.45, 7) is 2.05. The van der Waals surface area contributed by atoms with E-state index in [1.165, 1.54) is 10.9 Å². The monoisotopic (exact) mass is 292 g/mol. The summed E-state index contributed by atoms with van der Waals surface area (Å²) in [5.41, 5.74) is 13.3. The summed E-state index contributed by atoms with van der Waals surface area (Å²) in [5, 5.41) is 4.64. The lowest BCUT2D eigenvalue weighted by Crippen LogP contribution is -2.21. The Hall–Kier alpha value is -1.85. The van der Waals surface area contributed by atoms with E-state index in [9.17, 15) is 4.79 Å². The van der Waals surface area contributed by atoms with Crippen LogP contribution in [0.1, 0.15) is 29.3 Å². The quantitative estimate of drug-likeness (QED) is 0.882. The summed E-state index contributed by atoms with van der Waals surface area (Å²) < 4.78 is 1.53. The smallest absolute Gasteiger partial charge is 0.251 e. The summed E-state index contributed by atoms with van der Waals surface area (Å²) >= 11 is 6.26. The molecule has 0 aliphatic carbocycles. The minimum Gasteiger partial charge on any atom is -0.366 e. The van der Waals surface area contributed by atoms with Crippen LogP contribution in [-0.4, -0.2) is 21.7 Å². The van der Waals surface area contributed by atoms with Crippen LogP contribution >= 0.6 is 11.6 Å². The first-order chi connectivity index (χ1) is 9.51. The van der Waals surface area contributed by atoms with Crippen molar-refractivity contribution in [3.05, 3.63) is 46.7 Å². The average Bonchev–Trinajstić information content (AvgIpc) is 2.88. The van der Waals surface area contributed by atoms with E-state index in [-0.39, 0.29) is 6.04 Å². The molecule has 2 rings (SSSR count). The summed E-state index contributed by atoms with van der Waals surface area (Å²) in [4.78, 5) is 11.1. The van der Waals surface area contributed by atoms with Crippen LogP contribution in [-0.2, 0) is 6.42 Å². The van der Waals surface area contributed by atoms with Crippen LogP contribution in [0.25, 0.3) is 5.69 Å². The molecule has 0 spiro atoms. The first kappa shape index (κ1) is 14.6. The number of hydrogen-bond donors (Lipinski definition) is 2. The van der Waals surface area contributed by atoms with Gasteiger partial charge in [0, 0.05) is 12.2 Å². The van der Waals surface area contributed by atoms with Gasteiger partial charge in [0.1, 0.15) is 0 Å². The maximum atomic E-state index is 11.1. The Morgan fingerprint density at radius 1 is 1.50 bits per heavy atom. The van der Waals surface area contributed by atoms with E-state index < -0.39 is 5.91 Å². The first-order valence-electron chi connectivity index (χ1n) is 6.40. The molecule has 20 heavy (non-hydrogen) atoms. The fourth-order valence-electron chi connectivity index (χ4n) is 1.89. The van der Waals surface area contributed by atoms with E-state index in [2.05, 4.69) is 12.0 Å². The van der Waals surface area contributed by atoms with Gasteiger partial charge in [-0.05, 0) is 30.5 Å². The van der Waals surface area contributed by atoms with E-state index in [0.29, 0.717) is 16.3 Å². The maximum Gasteiger partial charge on any atom is 0.251 e. The van der Waals surface area contributed by atoms with E-state index in [4.69, 9.17) is 23.1 Å². The Labute approximate surface area is 122 Å². The van der Waals surface area contributed by atoms with Crippen molar-refractivity contribution in [1.29, 1.82) is 0 Å². The number of hydrogen-bond acceptors (Lipinski definition) is 3. The molecule has 0 aliphatic rings. The predicted octanol–water partition coefficient (Wildman–Crippen LogP) is 1.90. The van der Waals surface area contributed by atoms with Crippen molar-refractivity contribution >= 4 is 17.5 Å². The van der Waals surface area contributed by atoms with Gasteiger partial charge < -0.3 is 11.5 Å². The Morgan fingerprint density at radius 3 is 2.80 bits per heavy atom. The highest BCUT2D eigenvalue weighted by molar-refractivity contribution is 6.32. The van der Waals surface area contributed by atoms with Crippen molar-refractivity contribution in [1.82, 2.24) is 9.78 Å². The van der Waals surface area contributed by atoms with Gasteiger partial charge in [-0.2, -0.15) is 5.10 Å². The Morgan fingerprint density at radius 2 is 2.25 bits per heavy atom. The number of carbonyl (C=O) groups is 1. The van der Waals surface area contributed by atoms with Gasteiger partial charge in [-0.3, -0.25) is 4.79 Å². The highest BCUT2D eigenvalue weighted by atomic mass is 35.5. The van der Waals surface area contributed by atoms with Crippen molar-refractivity contribution in [3.63, 3.8) is 0 Å². The number of nitrogens with zero attached hydrogens (tertiary/aromatic N) is 2. The molecule has 1 unspecified atom stereocenters. The van der Waals surface area contributed by atoms with Crippen molar-refractivity contribution in [2.75, 3.05) is 0 Å². The number of halogens is 1. The zero-order valence-corrected chi connectivity index (χ0v) is 12.0. The van der Waals surface area contributed by atoms with Gasteiger partial charge in [0.15, 0.2) is 0 Å². The second-order valence-corrected chi connectivity index (χ2v) is 5.10. The van der Waals surface area contributed by atoms with Crippen molar-refractivity contribution in [2.45, 2.75) is 25.8 Å². The Balaban J connectivity index is 2.26. The lowest BCUT2D eigenvalue weighted by Gasteiger charge is -2.11. The van der Waals surface area contributed by atoms with Crippen LogP contribution in [0.5, 0.6) is 0 Å². The number of primary amides is 1. The van der Waals surface area contributed by atoms with Crippen molar-refractivity contribution in [2.24, 2.45) is 11.5 Å². The summed E-state index contributed by atoms with van der Waals surface area (Å²) in [6.07, 6.45) is 4.67. The van der Waals surface area contributed by atoms with Crippen LogP contribution in [0, 0.1) is 0 Å². The van der Waals surface area contributed by atoms with Crippen LogP contribution in [0.2, 0.25) is 5.02 Å². The number of amides is 1. The number of rotatable bonds is 5. The molecule has 106 valence electrons. The van der Waals surface area contributed by atoms with Gasteiger partial charge in [0.2, 0.25) is 0 Å². The third-order valence-corrected chi connectivity index (χ3v) is 3.45. The van der Waals surface area contributed by atoms with Crippen molar-refractivity contribution in [3.8, 4) is 5.69 Å². The number of benzene rings is 1. The summed E-state index contributed by atoms with van der Waals surface area (Å²) in [5.74, 6) is -0.516. The zero-order valence-electron chi connectivity index (χ0n) is 11.2. The van der Waals surface area contributed by atoms with Gasteiger partial charge in [-0.25, -0.2) is 4.68 Å². The number of aromatic nitrogens is 2. The van der Waals surface area contributed by atoms with Crippen LogP contribution < -0.4 is 11.5 Å². The van der Waals surface area contributed by atoms with Gasteiger partial charge >= 0.3 is 0 Å². The molecule has 0 aliphatic heterocycles. The average molecular weight is 293 g/mol. The minimum atomic E-state index is -0.516. The van der Waals surface area contributed by atoms with E-state index in [1.54, 1.807) is 6.20 Å². The predicted molar refractivity (Wildman–Crippen MR) is 79.1 cm³/mol. The second kappa shape index (κ2) is 6.07. The Bertz CT molecular complexity index is 623. The SMILES string of the molecule is CCC(N)Cc1ccc(-n2cc(C(N)=O)cn2)c(Cl)c1. The molecule has 5 nitrogen and oxygen atoms in total. The molecule has 1 heterocycles. The molecule has 1 amide bonds. The van der Waals surface area contributed by atoms with E-state index in [0.717, 1.165) is 18.4 Å². The number of nitrogens with two attached hydrogens (primary N) is 2. The Kier molecular flexibility index (Phi) is 4.42. The molecule has 2 aromatic rings. The molecule has 0 radical (unpaired) electrons. The van der Waals surface area contributed by atoms with Crippen LogP contribution in [0.4, 0.5) is 0 Å². The van der Waals surface area contributed by atoms with Crippen LogP contribution in [0.15, 0.2) is 30.6 Å². The van der Waals surface area contributed by atoms with Gasteiger partial charge in [-0.1, -0.05) is 24.6 Å². The maximum absolute atomic E-state index is 11.1. The third kappa shape index (κ3) is 3.18. The molecular weight excluding hydrogens is 276 g/mol. The molecule has 0 bridgehead atoms. The molecule has 1 aromatic heterocycles. The molecule has 0 saturated carbocycles. The highest BCUT2D eigenvalue weighted by Crippen LogP contribution is 2.22. The topological polar surface area (TPSA) is 86.9 Å². The molecule has 1 atom stereocenters. The van der Waals surface area contributed by atoms with E-state index in [1.807, 2.05) is 18.2 Å². The molecule has 4 N–H and O–H groups in total. The number of carbonyl (C=O) groups excluding carboxylic acids is 1. The standard InChI is InChI=1S/C14H17ClN4O/c1-2-11(16)5-9-3-4-13(12(15)6-9)19-8-10(7-18-19)14(17)20/h3-4,6-8,11H,2,5,16H2,1H3,(H2,17,20). The lowest BCUT2D eigenvalue weighted by atomic mass is 10.0. The molecule has 0 saturated heterocycles. The zero-order chi connectivity index (χ0) is 14.7. The fraction of sp³-hybridized carbons (Fsp3) is 0.286. The van der Waals surface area contributed by atoms with Gasteiger partial charge in [0.25, 0.3) is 5.91 Å². The minimum absolute atomic E-state index is 0.128. The fourth-order valence-corrected chi connectivity index (χ4v) is 2.18. The highest BCUT2D eigenvalue weighted by Gasteiger charge is 2.10. The van der Waals surface area contributed by atoms with E-state index >= 15 is 0 Å². The normalized spacial score (nSPS) is 12.3. The van der Waals surface area contributed by atoms with Crippen LogP contribution in [0.3, 0.4) is 0 Å². The van der Waals surface area contributed by atoms with Gasteiger partial charge in [-0.15, -0.1) is 0 Å². The molecule has 1 aromatic carbocycles. The molecule has 0 fully saturated rings. The second-order valence-electron chi connectivity index (χ2n) is 4.70. The van der Waals surface area contributed by atoms with Gasteiger partial charge in [0.05, 0.1) is 22.5 Å². The van der Waals surface area contributed by atoms with Crippen molar-refractivity contribution < 1.29 is 4.79 Å². The molecular formula is C14H17ClN4O. The molecule has 6 heteroatoms. The summed E-state index contributed by atoms with van der Waals surface area (Å²) in [6, 6.07) is 5.82. The first-order valence-corrected chi connectivity index (χ1v) is 6.78.